The molecule has 0 amide bonds. The fourth-order valence-corrected chi connectivity index (χ4v) is 3.89. The number of pyridine rings is 1. The summed E-state index contributed by atoms with van der Waals surface area (Å²) in [4.78, 5) is 11.2. The molecule has 0 spiro atoms. The van der Waals surface area contributed by atoms with E-state index in [4.69, 9.17) is 0 Å². The molecular weight excluding hydrogens is 487 g/mol. The Morgan fingerprint density at radius 3 is 2.77 bits per heavy atom. The Morgan fingerprint density at radius 1 is 1.10 bits per heavy atom. The van der Waals surface area contributed by atoms with E-state index in [9.17, 15) is 0 Å². The van der Waals surface area contributed by atoms with Crippen LogP contribution in [0.25, 0.3) is 10.9 Å². The molecule has 0 radical (unpaired) electrons. The summed E-state index contributed by atoms with van der Waals surface area (Å²) in [6.07, 6.45) is 7.63. The van der Waals surface area contributed by atoms with Gasteiger partial charge in [-0.3, -0.25) is 4.99 Å². The van der Waals surface area contributed by atoms with Gasteiger partial charge in [-0.1, -0.05) is 18.2 Å². The van der Waals surface area contributed by atoms with Crippen LogP contribution < -0.4 is 15.5 Å². The summed E-state index contributed by atoms with van der Waals surface area (Å²) in [5.41, 5.74) is 2.52. The average molecular weight is 518 g/mol. The normalized spacial score (nSPS) is 14.0. The lowest BCUT2D eigenvalue weighted by molar-refractivity contribution is 0.640. The van der Waals surface area contributed by atoms with E-state index in [0.29, 0.717) is 0 Å². The summed E-state index contributed by atoms with van der Waals surface area (Å²) in [5, 5.41) is 8.13. The molecule has 6 nitrogen and oxygen atoms in total. The summed E-state index contributed by atoms with van der Waals surface area (Å²) in [6.45, 7) is 4.83. The summed E-state index contributed by atoms with van der Waals surface area (Å²) >= 11 is 0. The van der Waals surface area contributed by atoms with Crippen LogP contribution in [0, 0.1) is 0 Å². The number of rotatable bonds is 7. The van der Waals surface area contributed by atoms with Gasteiger partial charge in [0.05, 0.1) is 0 Å². The number of aromatic nitrogens is 2. The van der Waals surface area contributed by atoms with Gasteiger partial charge in [0.15, 0.2) is 5.96 Å². The van der Waals surface area contributed by atoms with Crippen LogP contribution in [0.3, 0.4) is 0 Å². The van der Waals surface area contributed by atoms with Crippen LogP contribution in [-0.4, -0.2) is 42.2 Å². The molecule has 0 saturated carbocycles. The van der Waals surface area contributed by atoms with E-state index in [1.807, 2.05) is 13.2 Å². The van der Waals surface area contributed by atoms with E-state index in [0.717, 1.165) is 50.9 Å². The Hall–Kier alpha value is -2.29. The predicted octanol–water partition coefficient (Wildman–Crippen LogP) is 4.01. The molecule has 0 aliphatic carbocycles. The first-order valence-corrected chi connectivity index (χ1v) is 10.5. The Kier molecular flexibility index (Phi) is 8.36. The SMILES string of the molecule is CN=C(NCCCn1ccc2ccccc21)NCc1ccnc(N2CCCC2)c1.I. The summed E-state index contributed by atoms with van der Waals surface area (Å²) in [6, 6.07) is 14.9. The first-order chi connectivity index (χ1) is 14.3. The number of aryl methyl sites for hydroxylation is 1. The zero-order chi connectivity index (χ0) is 19.9. The molecule has 1 fully saturated rings. The predicted molar refractivity (Wildman–Crippen MR) is 136 cm³/mol. The molecule has 0 bridgehead atoms. The minimum Gasteiger partial charge on any atom is -0.357 e. The molecule has 4 rings (SSSR count). The fraction of sp³-hybridized carbons (Fsp3) is 0.391. The van der Waals surface area contributed by atoms with E-state index in [-0.39, 0.29) is 24.0 Å². The topological polar surface area (TPSA) is 57.5 Å². The van der Waals surface area contributed by atoms with Gasteiger partial charge in [-0.25, -0.2) is 4.98 Å². The Labute approximate surface area is 195 Å². The molecule has 1 saturated heterocycles. The number of para-hydroxylation sites is 1. The Bertz CT molecular complexity index is 961. The van der Waals surface area contributed by atoms with Crippen molar-refractivity contribution >= 4 is 46.7 Å². The third-order valence-electron chi connectivity index (χ3n) is 5.47. The lowest BCUT2D eigenvalue weighted by Crippen LogP contribution is -2.37. The number of nitrogens with zero attached hydrogens (tertiary/aromatic N) is 4. The Morgan fingerprint density at radius 2 is 1.93 bits per heavy atom. The minimum absolute atomic E-state index is 0. The third-order valence-corrected chi connectivity index (χ3v) is 5.47. The van der Waals surface area contributed by atoms with Crippen LogP contribution >= 0.6 is 24.0 Å². The number of hydrogen-bond acceptors (Lipinski definition) is 3. The van der Waals surface area contributed by atoms with Crippen molar-refractivity contribution in [3.8, 4) is 0 Å². The standard InChI is InChI=1S/C23H30N6.HI/c1-24-23(26-11-6-15-28-16-10-20-7-2-3-8-21(20)28)27-18-19-9-12-25-22(17-19)29-13-4-5-14-29;/h2-3,7-10,12,16-17H,4-6,11,13-15,18H2,1H3,(H2,24,26,27);1H. The van der Waals surface area contributed by atoms with Gasteiger partial charge in [-0.2, -0.15) is 0 Å². The van der Waals surface area contributed by atoms with Crippen LogP contribution in [0.2, 0.25) is 0 Å². The smallest absolute Gasteiger partial charge is 0.191 e. The number of halogens is 1. The Balaban J connectivity index is 0.00000256. The van der Waals surface area contributed by atoms with Crippen molar-refractivity contribution < 1.29 is 0 Å². The van der Waals surface area contributed by atoms with Crippen molar-refractivity contribution in [2.45, 2.75) is 32.4 Å². The number of nitrogens with one attached hydrogen (secondary N) is 2. The van der Waals surface area contributed by atoms with Crippen LogP contribution in [0.5, 0.6) is 0 Å². The number of hydrogen-bond donors (Lipinski definition) is 2. The van der Waals surface area contributed by atoms with E-state index < -0.39 is 0 Å². The van der Waals surface area contributed by atoms with Crippen molar-refractivity contribution in [2.24, 2.45) is 4.99 Å². The largest absolute Gasteiger partial charge is 0.357 e. The number of benzene rings is 1. The van der Waals surface area contributed by atoms with Gasteiger partial charge in [0.25, 0.3) is 0 Å². The maximum absolute atomic E-state index is 4.53. The lowest BCUT2D eigenvalue weighted by Gasteiger charge is -2.17. The molecule has 1 aliphatic rings. The summed E-state index contributed by atoms with van der Waals surface area (Å²) < 4.78 is 2.31. The number of anilines is 1. The second-order valence-corrected chi connectivity index (χ2v) is 7.49. The molecule has 1 aromatic carbocycles. The van der Waals surface area contributed by atoms with Gasteiger partial charge in [-0.15, -0.1) is 24.0 Å². The monoisotopic (exact) mass is 518 g/mol. The quantitative estimate of drug-likeness (QED) is 0.215. The molecule has 30 heavy (non-hydrogen) atoms. The molecule has 3 heterocycles. The van der Waals surface area contributed by atoms with E-state index in [2.05, 4.69) is 78.7 Å². The molecule has 7 heteroatoms. The van der Waals surface area contributed by atoms with Gasteiger partial charge < -0.3 is 20.1 Å². The molecular formula is C23H31IN6. The molecule has 0 atom stereocenters. The number of guanidine groups is 1. The van der Waals surface area contributed by atoms with Gasteiger partial charge in [-0.05, 0) is 54.5 Å². The summed E-state index contributed by atoms with van der Waals surface area (Å²) in [7, 11) is 1.82. The molecule has 2 aromatic heterocycles. The van der Waals surface area contributed by atoms with Crippen LogP contribution in [0.15, 0.2) is 59.9 Å². The number of fused-ring (bicyclic) bond motifs is 1. The number of aliphatic imine (C=N–C) groups is 1. The minimum atomic E-state index is 0. The highest BCUT2D eigenvalue weighted by atomic mass is 127. The van der Waals surface area contributed by atoms with E-state index in [1.165, 1.54) is 29.3 Å². The average Bonchev–Trinajstić information content (AvgIpc) is 3.44. The van der Waals surface area contributed by atoms with E-state index >= 15 is 0 Å². The molecule has 2 N–H and O–H groups in total. The highest BCUT2D eigenvalue weighted by Gasteiger charge is 2.13. The maximum atomic E-state index is 4.53. The van der Waals surface area contributed by atoms with Gasteiger partial charge in [0.1, 0.15) is 5.82 Å². The molecule has 1 aliphatic heterocycles. The first-order valence-electron chi connectivity index (χ1n) is 10.5. The van der Waals surface area contributed by atoms with E-state index in [1.54, 1.807) is 0 Å². The van der Waals surface area contributed by atoms with Crippen molar-refractivity contribution in [1.82, 2.24) is 20.2 Å². The zero-order valence-corrected chi connectivity index (χ0v) is 19.9. The van der Waals surface area contributed by atoms with Crippen LogP contribution in [0.1, 0.15) is 24.8 Å². The van der Waals surface area contributed by atoms with Crippen molar-refractivity contribution in [2.75, 3.05) is 31.6 Å². The highest BCUT2D eigenvalue weighted by molar-refractivity contribution is 14.0. The van der Waals surface area contributed by atoms with Gasteiger partial charge in [0.2, 0.25) is 0 Å². The van der Waals surface area contributed by atoms with Crippen molar-refractivity contribution in [1.29, 1.82) is 0 Å². The van der Waals surface area contributed by atoms with Crippen molar-refractivity contribution in [3.63, 3.8) is 0 Å². The van der Waals surface area contributed by atoms with Crippen LogP contribution in [0.4, 0.5) is 5.82 Å². The first kappa shape index (κ1) is 22.4. The zero-order valence-electron chi connectivity index (χ0n) is 17.6. The summed E-state index contributed by atoms with van der Waals surface area (Å²) in [5.74, 6) is 1.92. The lowest BCUT2D eigenvalue weighted by atomic mass is 10.2. The molecule has 160 valence electrons. The maximum Gasteiger partial charge on any atom is 0.191 e. The second-order valence-electron chi connectivity index (χ2n) is 7.49. The highest BCUT2D eigenvalue weighted by Crippen LogP contribution is 2.18. The molecule has 0 unspecified atom stereocenters. The van der Waals surface area contributed by atoms with Gasteiger partial charge >= 0.3 is 0 Å². The van der Waals surface area contributed by atoms with Gasteiger partial charge in [0, 0.05) is 57.7 Å². The third kappa shape index (κ3) is 5.65. The second kappa shape index (κ2) is 11.2. The molecule has 3 aromatic rings. The fourth-order valence-electron chi connectivity index (χ4n) is 3.89. The van der Waals surface area contributed by atoms with Crippen LogP contribution in [-0.2, 0) is 13.1 Å². The van der Waals surface area contributed by atoms with Crippen molar-refractivity contribution in [3.05, 3.63) is 60.4 Å².